The second-order valence-electron chi connectivity index (χ2n) is 4.41. The topological polar surface area (TPSA) is 86.7 Å². The van der Waals surface area contributed by atoms with Crippen LogP contribution in [-0.2, 0) is 16.6 Å². The Kier molecular flexibility index (Phi) is 3.85. The molecule has 0 amide bonds. The predicted octanol–water partition coefficient (Wildman–Crippen LogP) is 1.14. The van der Waals surface area contributed by atoms with Crippen molar-refractivity contribution in [3.8, 4) is 0 Å². The standard InChI is InChI=1S/C11H11F3N2O4S/c12-11(13,14)6-15-21(19,20)16-4-3-7-5-8(10(17)18)1-2-9(7)16/h1-2,5,15H,3-4,6H2,(H,17,18). The van der Waals surface area contributed by atoms with Crippen molar-refractivity contribution in [1.82, 2.24) is 4.72 Å². The van der Waals surface area contributed by atoms with E-state index in [1.54, 1.807) is 0 Å². The molecule has 0 radical (unpaired) electrons. The van der Waals surface area contributed by atoms with Gasteiger partial charge in [0, 0.05) is 6.54 Å². The van der Waals surface area contributed by atoms with Crippen LogP contribution in [0, 0.1) is 0 Å². The molecule has 0 saturated carbocycles. The molecule has 0 atom stereocenters. The summed E-state index contributed by atoms with van der Waals surface area (Å²) in [5, 5.41) is 8.85. The third-order valence-corrected chi connectivity index (χ3v) is 4.39. The molecule has 0 saturated heterocycles. The molecule has 0 unspecified atom stereocenters. The normalized spacial score (nSPS) is 15.1. The predicted molar refractivity (Wildman–Crippen MR) is 67.4 cm³/mol. The largest absolute Gasteiger partial charge is 0.478 e. The Morgan fingerprint density at radius 2 is 2.05 bits per heavy atom. The maximum atomic E-state index is 12.1. The zero-order valence-corrected chi connectivity index (χ0v) is 11.3. The minimum Gasteiger partial charge on any atom is -0.478 e. The van der Waals surface area contributed by atoms with Crippen LogP contribution in [0.4, 0.5) is 18.9 Å². The summed E-state index contributed by atoms with van der Waals surface area (Å²) >= 11 is 0. The van der Waals surface area contributed by atoms with Gasteiger partial charge in [0.05, 0.1) is 11.3 Å². The molecule has 0 spiro atoms. The molecule has 1 aliphatic rings. The summed E-state index contributed by atoms with van der Waals surface area (Å²) in [5.41, 5.74) is 0.651. The van der Waals surface area contributed by atoms with E-state index < -0.39 is 28.9 Å². The van der Waals surface area contributed by atoms with Gasteiger partial charge in [-0.15, -0.1) is 0 Å². The van der Waals surface area contributed by atoms with Crippen LogP contribution in [0.1, 0.15) is 15.9 Å². The van der Waals surface area contributed by atoms with Gasteiger partial charge in [0.25, 0.3) is 0 Å². The van der Waals surface area contributed by atoms with E-state index in [0.29, 0.717) is 5.56 Å². The molecule has 1 aromatic carbocycles. The molecule has 0 aromatic heterocycles. The number of aromatic carboxylic acids is 1. The highest BCUT2D eigenvalue weighted by atomic mass is 32.2. The maximum absolute atomic E-state index is 12.1. The Labute approximate surface area is 118 Å². The summed E-state index contributed by atoms with van der Waals surface area (Å²) in [6.45, 7) is -1.69. The highest BCUT2D eigenvalue weighted by Crippen LogP contribution is 2.30. The van der Waals surface area contributed by atoms with Crippen LogP contribution in [0.5, 0.6) is 0 Å². The van der Waals surface area contributed by atoms with Crippen molar-refractivity contribution >= 4 is 21.9 Å². The molecule has 116 valence electrons. The molecule has 1 aliphatic heterocycles. The maximum Gasteiger partial charge on any atom is 0.402 e. The van der Waals surface area contributed by atoms with Crippen molar-refractivity contribution in [2.24, 2.45) is 0 Å². The molecule has 21 heavy (non-hydrogen) atoms. The molecular formula is C11H11F3N2O4S. The minimum atomic E-state index is -4.65. The number of alkyl halides is 3. The fourth-order valence-electron chi connectivity index (χ4n) is 2.01. The van der Waals surface area contributed by atoms with E-state index >= 15 is 0 Å². The van der Waals surface area contributed by atoms with Crippen LogP contribution >= 0.6 is 0 Å². The summed E-state index contributed by atoms with van der Waals surface area (Å²) in [4.78, 5) is 10.8. The molecule has 1 aromatic rings. The summed E-state index contributed by atoms with van der Waals surface area (Å²) in [6.07, 6.45) is -4.41. The van der Waals surface area contributed by atoms with Crippen LogP contribution in [0.15, 0.2) is 18.2 Å². The van der Waals surface area contributed by atoms with Gasteiger partial charge in [0.15, 0.2) is 0 Å². The van der Waals surface area contributed by atoms with Gasteiger partial charge >= 0.3 is 22.4 Å². The lowest BCUT2D eigenvalue weighted by Gasteiger charge is -2.20. The van der Waals surface area contributed by atoms with E-state index in [1.165, 1.54) is 22.9 Å². The van der Waals surface area contributed by atoms with Crippen molar-refractivity contribution in [2.45, 2.75) is 12.6 Å². The molecule has 10 heteroatoms. The van der Waals surface area contributed by atoms with Crippen LogP contribution in [0.3, 0.4) is 0 Å². The summed E-state index contributed by atoms with van der Waals surface area (Å²) in [6, 6.07) is 3.80. The summed E-state index contributed by atoms with van der Waals surface area (Å²) in [5.74, 6) is -1.16. The van der Waals surface area contributed by atoms with E-state index in [-0.39, 0.29) is 24.2 Å². The number of halogens is 3. The van der Waals surface area contributed by atoms with Crippen molar-refractivity contribution < 1.29 is 31.5 Å². The number of nitrogens with one attached hydrogen (secondary N) is 1. The molecule has 2 rings (SSSR count). The molecule has 0 fully saturated rings. The van der Waals surface area contributed by atoms with E-state index in [4.69, 9.17) is 5.11 Å². The molecular weight excluding hydrogens is 313 g/mol. The average molecular weight is 324 g/mol. The van der Waals surface area contributed by atoms with E-state index in [1.807, 2.05) is 0 Å². The van der Waals surface area contributed by atoms with Gasteiger partial charge in [-0.3, -0.25) is 4.31 Å². The number of fused-ring (bicyclic) bond motifs is 1. The first-order valence-electron chi connectivity index (χ1n) is 5.80. The third kappa shape index (κ3) is 3.45. The second-order valence-corrected chi connectivity index (χ2v) is 6.09. The quantitative estimate of drug-likeness (QED) is 0.870. The van der Waals surface area contributed by atoms with Crippen LogP contribution in [0.25, 0.3) is 0 Å². The molecule has 1 heterocycles. The van der Waals surface area contributed by atoms with E-state index in [9.17, 15) is 26.4 Å². The Balaban J connectivity index is 2.24. The monoisotopic (exact) mass is 324 g/mol. The van der Waals surface area contributed by atoms with Crippen LogP contribution < -0.4 is 9.03 Å². The van der Waals surface area contributed by atoms with E-state index in [2.05, 4.69) is 0 Å². The molecule has 0 aliphatic carbocycles. The summed E-state index contributed by atoms with van der Waals surface area (Å²) < 4.78 is 62.3. The van der Waals surface area contributed by atoms with Gasteiger partial charge in [-0.05, 0) is 30.2 Å². The smallest absolute Gasteiger partial charge is 0.402 e. The number of anilines is 1. The fourth-order valence-corrected chi connectivity index (χ4v) is 3.28. The van der Waals surface area contributed by atoms with Gasteiger partial charge in [-0.1, -0.05) is 0 Å². The number of carbonyl (C=O) groups is 1. The Morgan fingerprint density at radius 1 is 1.38 bits per heavy atom. The van der Waals surface area contributed by atoms with Crippen molar-refractivity contribution in [3.05, 3.63) is 29.3 Å². The number of nitrogens with zero attached hydrogens (tertiary/aromatic N) is 1. The number of hydrogen-bond donors (Lipinski definition) is 2. The molecule has 2 N–H and O–H groups in total. The zero-order valence-electron chi connectivity index (χ0n) is 10.5. The van der Waals surface area contributed by atoms with Gasteiger partial charge in [0.2, 0.25) is 0 Å². The van der Waals surface area contributed by atoms with Gasteiger partial charge in [0.1, 0.15) is 6.54 Å². The summed E-state index contributed by atoms with van der Waals surface area (Å²) in [7, 11) is -4.32. The van der Waals surface area contributed by atoms with Gasteiger partial charge in [-0.2, -0.15) is 26.3 Å². The zero-order chi connectivity index (χ0) is 15.8. The highest BCUT2D eigenvalue weighted by Gasteiger charge is 2.34. The SMILES string of the molecule is O=C(O)c1ccc2c(c1)CCN2S(=O)(=O)NCC(F)(F)F. The van der Waals surface area contributed by atoms with Crippen molar-refractivity contribution in [2.75, 3.05) is 17.4 Å². The second kappa shape index (κ2) is 5.19. The van der Waals surface area contributed by atoms with Crippen molar-refractivity contribution in [1.29, 1.82) is 0 Å². The first-order valence-corrected chi connectivity index (χ1v) is 7.24. The minimum absolute atomic E-state index is 0.00347. The van der Waals surface area contributed by atoms with Gasteiger partial charge in [-0.25, -0.2) is 4.79 Å². The Morgan fingerprint density at radius 3 is 2.62 bits per heavy atom. The van der Waals surface area contributed by atoms with Gasteiger partial charge < -0.3 is 5.11 Å². The number of rotatable bonds is 4. The Hall–Kier alpha value is -1.81. The number of hydrogen-bond acceptors (Lipinski definition) is 3. The lowest BCUT2D eigenvalue weighted by molar-refractivity contribution is -0.121. The van der Waals surface area contributed by atoms with Crippen molar-refractivity contribution in [3.63, 3.8) is 0 Å². The van der Waals surface area contributed by atoms with E-state index in [0.717, 1.165) is 4.31 Å². The lowest BCUT2D eigenvalue weighted by atomic mass is 10.1. The first kappa shape index (κ1) is 15.6. The number of benzene rings is 1. The molecule has 0 bridgehead atoms. The Bertz CT molecular complexity index is 673. The first-order chi connectivity index (χ1) is 9.60. The highest BCUT2D eigenvalue weighted by molar-refractivity contribution is 7.90. The number of carboxylic acids is 1. The lowest BCUT2D eigenvalue weighted by Crippen LogP contribution is -2.43. The van der Waals surface area contributed by atoms with Crippen LogP contribution in [-0.4, -0.2) is 38.8 Å². The third-order valence-electron chi connectivity index (χ3n) is 2.92. The average Bonchev–Trinajstić information content (AvgIpc) is 2.79. The fraction of sp³-hybridized carbons (Fsp3) is 0.364. The number of carboxylic acid groups (broad SMARTS) is 1. The molecule has 6 nitrogen and oxygen atoms in total. The van der Waals surface area contributed by atoms with Crippen LogP contribution in [0.2, 0.25) is 0 Å².